The third-order valence-electron chi connectivity index (χ3n) is 13.8. The van der Waals surface area contributed by atoms with Crippen LogP contribution in [0.2, 0.25) is 0 Å². The molecule has 1 aromatic heterocycles. The van der Waals surface area contributed by atoms with Crippen LogP contribution in [0.3, 0.4) is 0 Å². The Bertz CT molecular complexity index is 2190. The molecule has 2 N–H and O–H groups in total. The van der Waals surface area contributed by atoms with Crippen LogP contribution in [-0.4, -0.2) is 26.3 Å². The van der Waals surface area contributed by atoms with E-state index >= 15 is 0 Å². The lowest BCUT2D eigenvalue weighted by Crippen LogP contribution is -2.09. The normalized spacial score (nSPS) is 12.0. The molecule has 0 spiro atoms. The van der Waals surface area contributed by atoms with Gasteiger partial charge in [-0.25, -0.2) is 9.98 Å². The first-order valence-electron chi connectivity index (χ1n) is 26.2. The van der Waals surface area contributed by atoms with E-state index in [2.05, 4.69) is 97.9 Å². The molecule has 4 aromatic carbocycles. The van der Waals surface area contributed by atoms with E-state index in [1.165, 1.54) is 94.6 Å². The van der Waals surface area contributed by atoms with Gasteiger partial charge in [-0.05, 0) is 112 Å². The van der Waals surface area contributed by atoms with Crippen molar-refractivity contribution in [1.82, 2.24) is 4.57 Å². The number of amidine groups is 1. The number of hydrogen-bond donors (Lipinski definition) is 2. The molecule has 5 heteroatoms. The largest absolute Gasteiger partial charge is 0.507 e. The standard InChI is InChI=1S/C38H47N3O2.2C9H20.C6H6/c1-10-12-13-30(11-2)21-41-22-34(33-20-23(3)14-19-35(33)41)29(9)40-38(32-18-16-25(5)27(7)37(32)43)39-28(8)31-17-15-24(4)26(6)36(31)42;2*1-4-7-8-9(5-2)6-3;1-2-4-6-5-3-1/h14-20,22,30,42-43H,8,10-13,21H2,1-7,9H3;2*9H,4-8H2,1-3H3;1-6H. The van der Waals surface area contributed by atoms with Crippen molar-refractivity contribution in [3.8, 4) is 11.5 Å². The van der Waals surface area contributed by atoms with Gasteiger partial charge < -0.3 is 14.8 Å². The van der Waals surface area contributed by atoms with Crippen molar-refractivity contribution in [3.05, 3.63) is 136 Å². The van der Waals surface area contributed by atoms with Gasteiger partial charge in [0.25, 0.3) is 0 Å². The third-order valence-corrected chi connectivity index (χ3v) is 13.8. The Balaban J connectivity index is 0.000000519. The summed E-state index contributed by atoms with van der Waals surface area (Å²) in [4.78, 5) is 9.93. The maximum Gasteiger partial charge on any atom is 0.163 e. The fraction of sp³-hybridized carbons (Fsp3) is 0.516. The fourth-order valence-corrected chi connectivity index (χ4v) is 8.38. The minimum absolute atomic E-state index is 0.146. The van der Waals surface area contributed by atoms with Gasteiger partial charge in [0.15, 0.2) is 5.84 Å². The molecule has 0 aliphatic carbocycles. The topological polar surface area (TPSA) is 70.1 Å². The van der Waals surface area contributed by atoms with Crippen LogP contribution in [0.1, 0.15) is 197 Å². The predicted molar refractivity (Wildman–Crippen MR) is 297 cm³/mol. The highest BCUT2D eigenvalue weighted by Gasteiger charge is 2.19. The van der Waals surface area contributed by atoms with Crippen molar-refractivity contribution in [2.24, 2.45) is 27.7 Å². The zero-order valence-electron chi connectivity index (χ0n) is 44.9. The van der Waals surface area contributed by atoms with Gasteiger partial charge in [0.1, 0.15) is 11.5 Å². The molecule has 0 saturated carbocycles. The monoisotopic (exact) mass is 912 g/mol. The minimum atomic E-state index is 0.146. The number of rotatable bonds is 20. The lowest BCUT2D eigenvalue weighted by atomic mass is 9.97. The van der Waals surface area contributed by atoms with Crippen LogP contribution in [0.15, 0.2) is 102 Å². The first-order valence-corrected chi connectivity index (χ1v) is 26.2. The maximum absolute atomic E-state index is 11.2. The van der Waals surface area contributed by atoms with E-state index in [1.807, 2.05) is 95.3 Å². The number of nitrogens with zero attached hydrogens (tertiary/aromatic N) is 3. The molecule has 5 rings (SSSR count). The van der Waals surface area contributed by atoms with Gasteiger partial charge in [0.05, 0.1) is 11.3 Å². The van der Waals surface area contributed by atoms with Crippen LogP contribution in [0.25, 0.3) is 16.6 Å². The summed E-state index contributed by atoms with van der Waals surface area (Å²) in [6.45, 7) is 35.2. The minimum Gasteiger partial charge on any atom is -0.507 e. The van der Waals surface area contributed by atoms with Crippen molar-refractivity contribution >= 4 is 28.1 Å². The SMILES string of the molecule is C=C(N=C(N=C(C)c1cn(CC(CC)CCCC)c2ccc(C)cc12)c1ccc(C)c(C)c1O)c1ccc(C)c(C)c1O.CCCCC(CC)CC.CCCCC(CC)CC.c1ccccc1. The molecule has 0 fully saturated rings. The molecule has 1 heterocycles. The molecule has 0 aliphatic heterocycles. The van der Waals surface area contributed by atoms with Crippen LogP contribution in [-0.2, 0) is 6.54 Å². The van der Waals surface area contributed by atoms with Gasteiger partial charge >= 0.3 is 0 Å². The van der Waals surface area contributed by atoms with Crippen molar-refractivity contribution in [1.29, 1.82) is 0 Å². The van der Waals surface area contributed by atoms with Crippen LogP contribution in [0.5, 0.6) is 11.5 Å². The Morgan fingerprint density at radius 2 is 0.985 bits per heavy atom. The third kappa shape index (κ3) is 19.0. The average Bonchev–Trinajstić information content (AvgIpc) is 3.70. The molecule has 0 aliphatic rings. The predicted octanol–water partition coefficient (Wildman–Crippen LogP) is 18.6. The molecule has 1 atom stereocenters. The summed E-state index contributed by atoms with van der Waals surface area (Å²) in [6.07, 6.45) is 21.0. The summed E-state index contributed by atoms with van der Waals surface area (Å²) in [5.41, 5.74) is 9.22. The molecule has 1 unspecified atom stereocenters. The lowest BCUT2D eigenvalue weighted by molar-refractivity contribution is 0.396. The summed E-state index contributed by atoms with van der Waals surface area (Å²) in [6, 6.07) is 26.2. The summed E-state index contributed by atoms with van der Waals surface area (Å²) < 4.78 is 2.38. The fourth-order valence-electron chi connectivity index (χ4n) is 8.38. The molecule has 0 bridgehead atoms. The highest BCUT2D eigenvalue weighted by atomic mass is 16.3. The van der Waals surface area contributed by atoms with Crippen LogP contribution in [0.4, 0.5) is 0 Å². The second-order valence-electron chi connectivity index (χ2n) is 18.8. The van der Waals surface area contributed by atoms with Gasteiger partial charge in [-0.15, -0.1) is 0 Å². The summed E-state index contributed by atoms with van der Waals surface area (Å²) in [5, 5.41) is 23.3. The van der Waals surface area contributed by atoms with Crippen LogP contribution in [0, 0.1) is 52.4 Å². The molecular formula is C62H93N3O2. The quantitative estimate of drug-likeness (QED) is 0.0603. The number of unbranched alkanes of at least 4 members (excludes halogenated alkanes) is 3. The number of benzene rings is 4. The van der Waals surface area contributed by atoms with Crippen molar-refractivity contribution in [2.45, 2.75) is 193 Å². The van der Waals surface area contributed by atoms with Gasteiger partial charge in [-0.3, -0.25) is 0 Å². The summed E-state index contributed by atoms with van der Waals surface area (Å²) in [7, 11) is 0. The van der Waals surface area contributed by atoms with Crippen LogP contribution < -0.4 is 0 Å². The second-order valence-corrected chi connectivity index (χ2v) is 18.8. The number of aromatic nitrogens is 1. The maximum atomic E-state index is 11.2. The Morgan fingerprint density at radius 1 is 0.552 bits per heavy atom. The number of hydrogen-bond acceptors (Lipinski definition) is 3. The smallest absolute Gasteiger partial charge is 0.163 e. The molecule has 368 valence electrons. The molecule has 5 aromatic rings. The van der Waals surface area contributed by atoms with E-state index in [0.717, 1.165) is 63.7 Å². The number of phenolic OH excluding ortho intramolecular Hbond substituents is 2. The number of aliphatic imine (C=N–C) groups is 2. The van der Waals surface area contributed by atoms with E-state index in [9.17, 15) is 10.2 Å². The van der Waals surface area contributed by atoms with Crippen LogP contribution >= 0.6 is 0 Å². The first-order chi connectivity index (χ1) is 32.2. The van der Waals surface area contributed by atoms with Gasteiger partial charge in [0, 0.05) is 40.5 Å². The molecule has 0 radical (unpaired) electrons. The Morgan fingerprint density at radius 3 is 1.43 bits per heavy atom. The molecular weight excluding hydrogens is 819 g/mol. The number of fused-ring (bicyclic) bond motifs is 1. The van der Waals surface area contributed by atoms with E-state index in [4.69, 9.17) is 9.98 Å². The van der Waals surface area contributed by atoms with Crippen molar-refractivity contribution in [2.75, 3.05) is 0 Å². The second kappa shape index (κ2) is 32.0. The summed E-state index contributed by atoms with van der Waals surface area (Å²) in [5.74, 6) is 3.27. The summed E-state index contributed by atoms with van der Waals surface area (Å²) >= 11 is 0. The average molecular weight is 912 g/mol. The van der Waals surface area contributed by atoms with E-state index in [1.54, 1.807) is 0 Å². The highest BCUT2D eigenvalue weighted by molar-refractivity contribution is 6.17. The van der Waals surface area contributed by atoms with Gasteiger partial charge in [-0.1, -0.05) is 206 Å². The van der Waals surface area contributed by atoms with E-state index < -0.39 is 0 Å². The Labute approximate surface area is 410 Å². The van der Waals surface area contributed by atoms with Crippen molar-refractivity contribution in [3.63, 3.8) is 0 Å². The first kappa shape index (κ1) is 58.2. The van der Waals surface area contributed by atoms with E-state index in [0.29, 0.717) is 28.6 Å². The highest BCUT2D eigenvalue weighted by Crippen LogP contribution is 2.33. The van der Waals surface area contributed by atoms with Crippen molar-refractivity contribution < 1.29 is 10.2 Å². The molecule has 5 nitrogen and oxygen atoms in total. The number of phenols is 2. The van der Waals surface area contributed by atoms with E-state index in [-0.39, 0.29) is 11.5 Å². The number of aromatic hydroxyl groups is 2. The molecule has 0 amide bonds. The molecule has 0 saturated heterocycles. The van der Waals surface area contributed by atoms with Gasteiger partial charge in [0.2, 0.25) is 0 Å². The lowest BCUT2D eigenvalue weighted by Gasteiger charge is -2.16. The Kier molecular flexibility index (Phi) is 27.8. The number of aryl methyl sites for hydroxylation is 3. The Hall–Kier alpha value is -4.90. The molecule has 67 heavy (non-hydrogen) atoms. The zero-order chi connectivity index (χ0) is 49.9. The van der Waals surface area contributed by atoms with Gasteiger partial charge in [-0.2, -0.15) is 0 Å². The zero-order valence-corrected chi connectivity index (χ0v) is 44.9.